The lowest BCUT2D eigenvalue weighted by Gasteiger charge is -2.25. The summed E-state index contributed by atoms with van der Waals surface area (Å²) in [5, 5.41) is 3.62. The van der Waals surface area contributed by atoms with E-state index in [-0.39, 0.29) is 0 Å². The maximum Gasteiger partial charge on any atom is 0.126 e. The van der Waals surface area contributed by atoms with E-state index in [4.69, 9.17) is 4.74 Å². The van der Waals surface area contributed by atoms with Gasteiger partial charge >= 0.3 is 0 Å². The number of benzene rings is 1. The highest BCUT2D eigenvalue weighted by Gasteiger charge is 2.18. The SMILES string of the molecule is COc1c(C)ccc(SC)c1CC1CCCCN1. The number of hydrogen-bond donors (Lipinski definition) is 1. The monoisotopic (exact) mass is 265 g/mol. The highest BCUT2D eigenvalue weighted by Crippen LogP contribution is 2.33. The van der Waals surface area contributed by atoms with Gasteiger partial charge in [-0.25, -0.2) is 0 Å². The summed E-state index contributed by atoms with van der Waals surface area (Å²) < 4.78 is 5.62. The third-order valence-electron chi connectivity index (χ3n) is 3.70. The van der Waals surface area contributed by atoms with Gasteiger partial charge < -0.3 is 10.1 Å². The Balaban J connectivity index is 2.25. The first-order chi connectivity index (χ1) is 8.76. The molecule has 2 nitrogen and oxygen atoms in total. The first-order valence-corrected chi connectivity index (χ1v) is 7.92. The molecule has 0 saturated carbocycles. The summed E-state index contributed by atoms with van der Waals surface area (Å²) in [6, 6.07) is 4.99. The van der Waals surface area contributed by atoms with Gasteiger partial charge in [-0.1, -0.05) is 12.5 Å². The van der Waals surface area contributed by atoms with E-state index in [0.717, 1.165) is 18.7 Å². The number of piperidine rings is 1. The lowest BCUT2D eigenvalue weighted by Crippen LogP contribution is -2.35. The second kappa shape index (κ2) is 6.48. The summed E-state index contributed by atoms with van der Waals surface area (Å²) in [6.07, 6.45) is 7.17. The first kappa shape index (κ1) is 13.8. The van der Waals surface area contributed by atoms with Crippen molar-refractivity contribution < 1.29 is 4.74 Å². The fourth-order valence-electron chi connectivity index (χ4n) is 2.74. The van der Waals surface area contributed by atoms with Crippen molar-refractivity contribution in [3.8, 4) is 5.75 Å². The predicted molar refractivity (Wildman–Crippen MR) is 78.9 cm³/mol. The molecule has 1 N–H and O–H groups in total. The minimum Gasteiger partial charge on any atom is -0.496 e. The molecule has 0 spiro atoms. The minimum atomic E-state index is 0.611. The van der Waals surface area contributed by atoms with Crippen LogP contribution in [0.1, 0.15) is 30.4 Å². The van der Waals surface area contributed by atoms with E-state index in [1.807, 2.05) is 11.8 Å². The van der Waals surface area contributed by atoms with Crippen molar-refractivity contribution in [3.63, 3.8) is 0 Å². The van der Waals surface area contributed by atoms with Crippen LogP contribution in [-0.4, -0.2) is 26.0 Å². The van der Waals surface area contributed by atoms with E-state index >= 15 is 0 Å². The van der Waals surface area contributed by atoms with Gasteiger partial charge in [0, 0.05) is 16.5 Å². The van der Waals surface area contributed by atoms with Gasteiger partial charge in [-0.3, -0.25) is 0 Å². The Bertz CT molecular complexity index is 400. The topological polar surface area (TPSA) is 21.3 Å². The van der Waals surface area contributed by atoms with Crippen LogP contribution in [-0.2, 0) is 6.42 Å². The summed E-state index contributed by atoms with van der Waals surface area (Å²) in [7, 11) is 1.78. The predicted octanol–water partition coefficient (Wildman–Crippen LogP) is 3.41. The third kappa shape index (κ3) is 3.01. The molecular formula is C15H23NOS. The smallest absolute Gasteiger partial charge is 0.126 e. The minimum absolute atomic E-state index is 0.611. The molecule has 1 saturated heterocycles. The van der Waals surface area contributed by atoms with E-state index in [2.05, 4.69) is 30.6 Å². The molecule has 1 aromatic carbocycles. The molecule has 1 heterocycles. The molecule has 100 valence electrons. The van der Waals surface area contributed by atoms with Crippen LogP contribution >= 0.6 is 11.8 Å². The van der Waals surface area contributed by atoms with Gasteiger partial charge in [0.25, 0.3) is 0 Å². The number of methoxy groups -OCH3 is 1. The quantitative estimate of drug-likeness (QED) is 0.843. The van der Waals surface area contributed by atoms with E-state index < -0.39 is 0 Å². The first-order valence-electron chi connectivity index (χ1n) is 6.70. The summed E-state index contributed by atoms with van der Waals surface area (Å²) in [4.78, 5) is 1.35. The van der Waals surface area contributed by atoms with E-state index in [1.165, 1.54) is 35.3 Å². The van der Waals surface area contributed by atoms with Gasteiger partial charge in [-0.05, 0) is 50.6 Å². The Morgan fingerprint density at radius 2 is 2.22 bits per heavy atom. The van der Waals surface area contributed by atoms with Crippen LogP contribution in [0.5, 0.6) is 5.75 Å². The number of aryl methyl sites for hydroxylation is 1. The van der Waals surface area contributed by atoms with Crippen LogP contribution in [0.2, 0.25) is 0 Å². The van der Waals surface area contributed by atoms with Gasteiger partial charge in [0.2, 0.25) is 0 Å². The maximum atomic E-state index is 5.62. The second-order valence-electron chi connectivity index (χ2n) is 4.95. The summed E-state index contributed by atoms with van der Waals surface area (Å²) >= 11 is 1.81. The molecule has 2 rings (SSSR count). The van der Waals surface area contributed by atoms with Crippen molar-refractivity contribution >= 4 is 11.8 Å². The Labute approximate surface area is 114 Å². The van der Waals surface area contributed by atoms with Crippen molar-refractivity contribution in [2.24, 2.45) is 0 Å². The lowest BCUT2D eigenvalue weighted by molar-refractivity contribution is 0.378. The number of thioether (sulfide) groups is 1. The fraction of sp³-hybridized carbons (Fsp3) is 0.600. The average molecular weight is 265 g/mol. The molecule has 0 radical (unpaired) electrons. The zero-order valence-corrected chi connectivity index (χ0v) is 12.4. The van der Waals surface area contributed by atoms with Crippen LogP contribution in [0.3, 0.4) is 0 Å². The van der Waals surface area contributed by atoms with Crippen LogP contribution in [0, 0.1) is 6.92 Å². The second-order valence-corrected chi connectivity index (χ2v) is 5.80. The van der Waals surface area contributed by atoms with Crippen LogP contribution < -0.4 is 10.1 Å². The number of nitrogens with one attached hydrogen (secondary N) is 1. The lowest BCUT2D eigenvalue weighted by atomic mass is 9.96. The standard InChI is InChI=1S/C15H23NOS/c1-11-7-8-14(18-3)13(15(11)17-2)10-12-6-4-5-9-16-12/h7-8,12,16H,4-6,9-10H2,1-3H3. The number of ether oxygens (including phenoxy) is 1. The highest BCUT2D eigenvalue weighted by atomic mass is 32.2. The Hall–Kier alpha value is -0.670. The Morgan fingerprint density at radius 3 is 2.83 bits per heavy atom. The van der Waals surface area contributed by atoms with Crippen molar-refractivity contribution in [1.82, 2.24) is 5.32 Å². The molecule has 18 heavy (non-hydrogen) atoms. The van der Waals surface area contributed by atoms with Crippen molar-refractivity contribution in [3.05, 3.63) is 23.3 Å². The van der Waals surface area contributed by atoms with Gasteiger partial charge in [0.05, 0.1) is 7.11 Å². The van der Waals surface area contributed by atoms with Crippen molar-refractivity contribution in [2.75, 3.05) is 19.9 Å². The summed E-state index contributed by atoms with van der Waals surface area (Å²) in [5.74, 6) is 1.08. The molecule has 1 aromatic rings. The average Bonchev–Trinajstić information content (AvgIpc) is 2.40. The van der Waals surface area contributed by atoms with E-state index in [1.54, 1.807) is 7.11 Å². The molecule has 0 aromatic heterocycles. The van der Waals surface area contributed by atoms with E-state index in [9.17, 15) is 0 Å². The molecule has 0 amide bonds. The molecule has 1 fully saturated rings. The molecular weight excluding hydrogens is 242 g/mol. The molecule has 3 heteroatoms. The van der Waals surface area contributed by atoms with E-state index in [0.29, 0.717) is 6.04 Å². The van der Waals surface area contributed by atoms with Crippen molar-refractivity contribution in [1.29, 1.82) is 0 Å². The van der Waals surface area contributed by atoms with Gasteiger partial charge in [-0.15, -0.1) is 11.8 Å². The zero-order chi connectivity index (χ0) is 13.0. The Kier molecular flexibility index (Phi) is 4.95. The number of rotatable bonds is 4. The van der Waals surface area contributed by atoms with Gasteiger partial charge in [-0.2, -0.15) is 0 Å². The molecule has 1 aliphatic heterocycles. The van der Waals surface area contributed by atoms with Crippen LogP contribution in [0.25, 0.3) is 0 Å². The maximum absolute atomic E-state index is 5.62. The molecule has 1 aliphatic rings. The fourth-order valence-corrected chi connectivity index (χ4v) is 3.37. The number of hydrogen-bond acceptors (Lipinski definition) is 3. The normalized spacial score (nSPS) is 19.8. The summed E-state index contributed by atoms with van der Waals surface area (Å²) in [5.41, 5.74) is 2.62. The van der Waals surface area contributed by atoms with Crippen LogP contribution in [0.4, 0.5) is 0 Å². The largest absolute Gasteiger partial charge is 0.496 e. The molecule has 1 unspecified atom stereocenters. The molecule has 1 atom stereocenters. The van der Waals surface area contributed by atoms with Crippen molar-refractivity contribution in [2.45, 2.75) is 43.5 Å². The zero-order valence-electron chi connectivity index (χ0n) is 11.6. The highest BCUT2D eigenvalue weighted by molar-refractivity contribution is 7.98. The Morgan fingerprint density at radius 1 is 1.39 bits per heavy atom. The molecule has 0 bridgehead atoms. The molecule has 0 aliphatic carbocycles. The van der Waals surface area contributed by atoms with Gasteiger partial charge in [0.1, 0.15) is 5.75 Å². The third-order valence-corrected chi connectivity index (χ3v) is 4.52. The summed E-state index contributed by atoms with van der Waals surface area (Å²) in [6.45, 7) is 3.29. The van der Waals surface area contributed by atoms with Crippen LogP contribution in [0.15, 0.2) is 17.0 Å². The van der Waals surface area contributed by atoms with Gasteiger partial charge in [0.15, 0.2) is 0 Å².